The molecule has 68 valence electrons. The summed E-state index contributed by atoms with van der Waals surface area (Å²) in [6, 6.07) is 0. The van der Waals surface area contributed by atoms with Crippen LogP contribution in [0.25, 0.3) is 0 Å². The third-order valence-corrected chi connectivity index (χ3v) is 1.74. The summed E-state index contributed by atoms with van der Waals surface area (Å²) >= 11 is 0. The minimum absolute atomic E-state index is 0.0454. The summed E-state index contributed by atoms with van der Waals surface area (Å²) in [5, 5.41) is 18.6. The molecule has 2 N–H and O–H groups in total. The van der Waals surface area contributed by atoms with Gasteiger partial charge >= 0.3 is 0 Å². The Morgan fingerprint density at radius 1 is 1.42 bits per heavy atom. The molecule has 4 nitrogen and oxygen atoms in total. The van der Waals surface area contributed by atoms with Crippen LogP contribution in [-0.2, 0) is 9.47 Å². The Hall–Kier alpha value is -1.00. The van der Waals surface area contributed by atoms with Crippen molar-refractivity contribution >= 4 is 0 Å². The predicted molar refractivity (Wildman–Crippen MR) is 42.6 cm³/mol. The molecule has 0 spiro atoms. The minimum Gasteiger partial charge on any atom is -0.508 e. The average molecular weight is 172 g/mol. The Labute approximate surface area is 70.7 Å². The molecule has 0 aliphatic heterocycles. The molecule has 1 rings (SSSR count). The summed E-state index contributed by atoms with van der Waals surface area (Å²) in [5.41, 5.74) is 0. The number of methoxy groups -OCH3 is 2. The Kier molecular flexibility index (Phi) is 2.73. The van der Waals surface area contributed by atoms with Gasteiger partial charge in [-0.1, -0.05) is 0 Å². The zero-order chi connectivity index (χ0) is 9.14. The Morgan fingerprint density at radius 2 is 2.08 bits per heavy atom. The molecule has 0 saturated carbocycles. The van der Waals surface area contributed by atoms with Gasteiger partial charge in [0.25, 0.3) is 0 Å². The molecule has 2 unspecified atom stereocenters. The molecule has 0 bridgehead atoms. The minimum atomic E-state index is -0.837. The Morgan fingerprint density at radius 3 is 2.58 bits per heavy atom. The van der Waals surface area contributed by atoms with E-state index in [9.17, 15) is 5.11 Å². The molecule has 0 radical (unpaired) electrons. The van der Waals surface area contributed by atoms with E-state index in [0.29, 0.717) is 5.76 Å². The maximum Gasteiger partial charge on any atom is 0.141 e. The lowest BCUT2D eigenvalue weighted by Crippen LogP contribution is -2.31. The second-order valence-corrected chi connectivity index (χ2v) is 2.49. The molecule has 1 aliphatic rings. The van der Waals surface area contributed by atoms with Gasteiger partial charge in [0.2, 0.25) is 0 Å². The smallest absolute Gasteiger partial charge is 0.141 e. The monoisotopic (exact) mass is 172 g/mol. The summed E-state index contributed by atoms with van der Waals surface area (Å²) in [7, 11) is 2.89. The first kappa shape index (κ1) is 9.09. The lowest BCUT2D eigenvalue weighted by molar-refractivity contribution is 0.00440. The van der Waals surface area contributed by atoms with Gasteiger partial charge in [-0.25, -0.2) is 0 Å². The van der Waals surface area contributed by atoms with Crippen LogP contribution in [0.4, 0.5) is 0 Å². The molecule has 1 aliphatic carbocycles. The predicted octanol–water partition coefficient (Wildman–Crippen LogP) is 0.348. The normalized spacial score (nSPS) is 29.2. The second-order valence-electron chi connectivity index (χ2n) is 2.49. The number of aliphatic hydroxyl groups is 2. The first-order chi connectivity index (χ1) is 5.69. The van der Waals surface area contributed by atoms with Crippen molar-refractivity contribution in [2.24, 2.45) is 0 Å². The maximum absolute atomic E-state index is 9.47. The van der Waals surface area contributed by atoms with Crippen LogP contribution in [0.3, 0.4) is 0 Å². The third kappa shape index (κ3) is 1.60. The van der Waals surface area contributed by atoms with Crippen molar-refractivity contribution < 1.29 is 19.7 Å². The number of rotatable bonds is 2. The van der Waals surface area contributed by atoms with Crippen LogP contribution >= 0.6 is 0 Å². The number of ether oxygens (including phenoxy) is 2. The van der Waals surface area contributed by atoms with Crippen molar-refractivity contribution in [3.8, 4) is 0 Å². The molecule has 0 fully saturated rings. The van der Waals surface area contributed by atoms with Crippen LogP contribution in [0.1, 0.15) is 0 Å². The van der Waals surface area contributed by atoms with E-state index < -0.39 is 12.2 Å². The van der Waals surface area contributed by atoms with Gasteiger partial charge < -0.3 is 19.7 Å². The highest BCUT2D eigenvalue weighted by atomic mass is 16.5. The van der Waals surface area contributed by atoms with Crippen LogP contribution in [0.2, 0.25) is 0 Å². The lowest BCUT2D eigenvalue weighted by Gasteiger charge is -2.23. The molecule has 4 heteroatoms. The fourth-order valence-electron chi connectivity index (χ4n) is 1.08. The molecular formula is C8H12O4. The van der Waals surface area contributed by atoms with Crippen molar-refractivity contribution in [3.63, 3.8) is 0 Å². The summed E-state index contributed by atoms with van der Waals surface area (Å²) in [4.78, 5) is 0. The van der Waals surface area contributed by atoms with Gasteiger partial charge in [-0.15, -0.1) is 0 Å². The van der Waals surface area contributed by atoms with Gasteiger partial charge in [-0.2, -0.15) is 0 Å². The summed E-state index contributed by atoms with van der Waals surface area (Å²) < 4.78 is 9.73. The highest BCUT2D eigenvalue weighted by molar-refractivity contribution is 5.25. The van der Waals surface area contributed by atoms with Crippen molar-refractivity contribution in [2.75, 3.05) is 14.2 Å². The quantitative estimate of drug-likeness (QED) is 0.631. The van der Waals surface area contributed by atoms with Gasteiger partial charge in [-0.3, -0.25) is 0 Å². The van der Waals surface area contributed by atoms with Crippen molar-refractivity contribution in [1.29, 1.82) is 0 Å². The van der Waals surface area contributed by atoms with E-state index in [1.54, 1.807) is 0 Å². The van der Waals surface area contributed by atoms with E-state index in [2.05, 4.69) is 0 Å². The molecule has 2 atom stereocenters. The highest BCUT2D eigenvalue weighted by Crippen LogP contribution is 2.19. The largest absolute Gasteiger partial charge is 0.508 e. The molecule has 0 heterocycles. The SMILES string of the molecule is COC1=CC(O)=CC(OC)C1O. The van der Waals surface area contributed by atoms with Crippen LogP contribution in [0, 0.1) is 0 Å². The van der Waals surface area contributed by atoms with Crippen LogP contribution < -0.4 is 0 Å². The van der Waals surface area contributed by atoms with Crippen LogP contribution in [0.15, 0.2) is 23.7 Å². The van der Waals surface area contributed by atoms with Crippen molar-refractivity contribution in [1.82, 2.24) is 0 Å². The number of aliphatic hydroxyl groups excluding tert-OH is 2. The van der Waals surface area contributed by atoms with E-state index in [0.717, 1.165) is 0 Å². The van der Waals surface area contributed by atoms with E-state index in [1.807, 2.05) is 0 Å². The van der Waals surface area contributed by atoms with Crippen molar-refractivity contribution in [2.45, 2.75) is 12.2 Å². The lowest BCUT2D eigenvalue weighted by atomic mass is 10.1. The van der Waals surface area contributed by atoms with Gasteiger partial charge in [0.15, 0.2) is 0 Å². The Balaban J connectivity index is 2.83. The number of hydrogen-bond acceptors (Lipinski definition) is 4. The summed E-state index contributed by atoms with van der Waals surface area (Å²) in [6.45, 7) is 0. The third-order valence-electron chi connectivity index (χ3n) is 1.74. The average Bonchev–Trinajstić information content (AvgIpc) is 2.08. The first-order valence-corrected chi connectivity index (χ1v) is 3.56. The van der Waals surface area contributed by atoms with Gasteiger partial charge in [-0.05, 0) is 6.08 Å². The van der Waals surface area contributed by atoms with Gasteiger partial charge in [0.05, 0.1) is 7.11 Å². The van der Waals surface area contributed by atoms with Gasteiger partial charge in [0, 0.05) is 13.2 Å². The number of allylic oxidation sites excluding steroid dienone is 1. The van der Waals surface area contributed by atoms with Crippen LogP contribution in [0.5, 0.6) is 0 Å². The molecule has 0 saturated heterocycles. The van der Waals surface area contributed by atoms with E-state index in [-0.39, 0.29) is 5.76 Å². The fraction of sp³-hybridized carbons (Fsp3) is 0.500. The first-order valence-electron chi connectivity index (χ1n) is 3.56. The summed E-state index contributed by atoms with van der Waals surface area (Å²) in [5.74, 6) is 0.353. The van der Waals surface area contributed by atoms with E-state index in [4.69, 9.17) is 14.6 Å². The number of hydrogen-bond donors (Lipinski definition) is 2. The van der Waals surface area contributed by atoms with Crippen LogP contribution in [-0.4, -0.2) is 36.6 Å². The Bertz CT molecular complexity index is 219. The van der Waals surface area contributed by atoms with E-state index >= 15 is 0 Å². The summed E-state index contributed by atoms with van der Waals surface area (Å²) in [6.07, 6.45) is 1.41. The topological polar surface area (TPSA) is 58.9 Å². The molecule has 0 amide bonds. The standard InChI is InChI=1S/C8H12O4/c1-11-6-3-5(9)4-7(12-2)8(6)10/h3-4,6,8-10H,1-2H3. The molecule has 0 aromatic rings. The maximum atomic E-state index is 9.47. The second kappa shape index (κ2) is 3.60. The van der Waals surface area contributed by atoms with E-state index in [1.165, 1.54) is 26.4 Å². The van der Waals surface area contributed by atoms with Crippen molar-refractivity contribution in [3.05, 3.63) is 23.7 Å². The molecular weight excluding hydrogens is 160 g/mol. The van der Waals surface area contributed by atoms with Gasteiger partial charge in [0.1, 0.15) is 23.7 Å². The zero-order valence-corrected chi connectivity index (χ0v) is 7.02. The molecule has 12 heavy (non-hydrogen) atoms. The fourth-order valence-corrected chi connectivity index (χ4v) is 1.08. The molecule has 0 aromatic heterocycles. The zero-order valence-electron chi connectivity index (χ0n) is 7.02. The molecule has 0 aromatic carbocycles. The highest BCUT2D eigenvalue weighted by Gasteiger charge is 2.26.